The van der Waals surface area contributed by atoms with Gasteiger partial charge in [0, 0.05) is 0 Å². The number of rotatable bonds is 1. The molecule has 0 saturated carbocycles. The van der Waals surface area contributed by atoms with Crippen LogP contribution in [-0.4, -0.2) is 16.5 Å². The van der Waals surface area contributed by atoms with Crippen LogP contribution >= 0.6 is 22.6 Å². The lowest BCUT2D eigenvalue weighted by molar-refractivity contribution is 0.112. The minimum absolute atomic E-state index is 0.0197. The molecule has 0 aliphatic heterocycles. The van der Waals surface area contributed by atoms with Crippen LogP contribution in [0.4, 0.5) is 0 Å². The second kappa shape index (κ2) is 3.08. The molecule has 0 aromatic heterocycles. The van der Waals surface area contributed by atoms with E-state index in [1.54, 1.807) is 22.6 Å². The molecule has 4 heteroatoms. The van der Waals surface area contributed by atoms with Crippen molar-refractivity contribution in [3.63, 3.8) is 0 Å². The minimum atomic E-state index is -0.166. The van der Waals surface area contributed by atoms with Gasteiger partial charge in [-0.25, -0.2) is 0 Å². The Kier molecular flexibility index (Phi) is 2.33. The maximum absolute atomic E-state index is 10.2. The van der Waals surface area contributed by atoms with E-state index in [0.29, 0.717) is 9.86 Å². The molecule has 0 radical (unpaired) electrons. The fourth-order valence-electron chi connectivity index (χ4n) is 0.664. The van der Waals surface area contributed by atoms with Gasteiger partial charge in [-0.2, -0.15) is 0 Å². The molecule has 0 atom stereocenters. The first-order valence-corrected chi connectivity index (χ1v) is 3.90. The third-order valence-corrected chi connectivity index (χ3v) is 2.32. The highest BCUT2D eigenvalue weighted by molar-refractivity contribution is 14.1. The quantitative estimate of drug-likeness (QED) is 0.597. The van der Waals surface area contributed by atoms with Gasteiger partial charge in [0.25, 0.3) is 0 Å². The summed E-state index contributed by atoms with van der Waals surface area (Å²) < 4.78 is 0.298. The van der Waals surface area contributed by atoms with Crippen molar-refractivity contribution in [2.45, 2.75) is 0 Å². The minimum Gasteiger partial charge on any atom is -0.507 e. The zero-order chi connectivity index (χ0) is 8.43. The van der Waals surface area contributed by atoms with Crippen molar-refractivity contribution in [3.8, 4) is 11.5 Å². The lowest BCUT2D eigenvalue weighted by atomic mass is 10.2. The zero-order valence-corrected chi connectivity index (χ0v) is 7.57. The molecule has 1 aromatic rings. The highest BCUT2D eigenvalue weighted by atomic mass is 127. The summed E-state index contributed by atoms with van der Waals surface area (Å²) in [4.78, 5) is 10.2. The summed E-state index contributed by atoms with van der Waals surface area (Å²) in [7, 11) is 0. The van der Waals surface area contributed by atoms with Crippen molar-refractivity contribution in [2.24, 2.45) is 0 Å². The Balaban J connectivity index is 3.36. The predicted molar refractivity (Wildman–Crippen MR) is 47.9 cm³/mol. The van der Waals surface area contributed by atoms with Crippen LogP contribution < -0.4 is 0 Å². The molecule has 1 rings (SSSR count). The molecular weight excluding hydrogens is 259 g/mol. The lowest BCUT2D eigenvalue weighted by Gasteiger charge is -2.00. The Morgan fingerprint density at radius 3 is 2.55 bits per heavy atom. The average molecular weight is 264 g/mol. The predicted octanol–water partition coefficient (Wildman–Crippen LogP) is 1.51. The Labute approximate surface area is 76.8 Å². The van der Waals surface area contributed by atoms with E-state index in [4.69, 9.17) is 5.11 Å². The largest absolute Gasteiger partial charge is 0.507 e. The molecule has 1 aromatic carbocycles. The normalized spacial score (nSPS) is 9.55. The second-order valence-corrected chi connectivity index (χ2v) is 3.03. The Morgan fingerprint density at radius 2 is 2.00 bits per heavy atom. The molecule has 0 spiro atoms. The van der Waals surface area contributed by atoms with Crippen molar-refractivity contribution in [1.29, 1.82) is 0 Å². The van der Waals surface area contributed by atoms with Gasteiger partial charge in [-0.1, -0.05) is 0 Å². The fourth-order valence-corrected chi connectivity index (χ4v) is 1.16. The SMILES string of the molecule is O=Cc1ccc(O)c(I)c1O. The van der Waals surface area contributed by atoms with Crippen LogP contribution in [0.3, 0.4) is 0 Å². The molecule has 0 fully saturated rings. The van der Waals surface area contributed by atoms with E-state index < -0.39 is 0 Å². The topological polar surface area (TPSA) is 57.5 Å². The van der Waals surface area contributed by atoms with Gasteiger partial charge in [-0.05, 0) is 34.7 Å². The van der Waals surface area contributed by atoms with E-state index >= 15 is 0 Å². The number of phenols is 2. The monoisotopic (exact) mass is 264 g/mol. The van der Waals surface area contributed by atoms with Gasteiger partial charge in [-0.3, -0.25) is 4.79 Å². The van der Waals surface area contributed by atoms with Gasteiger partial charge in [0.1, 0.15) is 11.5 Å². The van der Waals surface area contributed by atoms with Gasteiger partial charge in [0.15, 0.2) is 6.29 Å². The van der Waals surface area contributed by atoms with Gasteiger partial charge >= 0.3 is 0 Å². The number of phenolic OH excluding ortho intramolecular Hbond substituents is 2. The molecule has 0 bridgehead atoms. The molecule has 58 valence electrons. The van der Waals surface area contributed by atoms with Gasteiger partial charge < -0.3 is 10.2 Å². The molecule has 2 N–H and O–H groups in total. The van der Waals surface area contributed by atoms with Crippen LogP contribution in [0.25, 0.3) is 0 Å². The summed E-state index contributed by atoms with van der Waals surface area (Å²) in [6.07, 6.45) is 0.539. The first-order valence-electron chi connectivity index (χ1n) is 2.82. The number of hydrogen-bond donors (Lipinski definition) is 2. The van der Waals surface area contributed by atoms with Crippen LogP contribution in [0.5, 0.6) is 11.5 Å². The Bertz CT molecular complexity index is 296. The number of aldehydes is 1. The number of carbonyl (C=O) groups is 1. The highest BCUT2D eigenvalue weighted by Crippen LogP contribution is 2.30. The molecule has 11 heavy (non-hydrogen) atoms. The lowest BCUT2D eigenvalue weighted by Crippen LogP contribution is -1.84. The summed E-state index contributed by atoms with van der Waals surface area (Å²) in [6.45, 7) is 0. The van der Waals surface area contributed by atoms with Gasteiger partial charge in [-0.15, -0.1) is 0 Å². The molecule has 0 aliphatic carbocycles. The molecule has 0 unspecified atom stereocenters. The van der Waals surface area contributed by atoms with Crippen molar-refractivity contribution in [2.75, 3.05) is 0 Å². The first-order chi connectivity index (χ1) is 5.16. The number of carbonyl (C=O) groups excluding carboxylic acids is 1. The van der Waals surface area contributed by atoms with E-state index in [0.717, 1.165) is 0 Å². The van der Waals surface area contributed by atoms with E-state index in [2.05, 4.69) is 0 Å². The second-order valence-electron chi connectivity index (χ2n) is 1.95. The van der Waals surface area contributed by atoms with Crippen molar-refractivity contribution < 1.29 is 15.0 Å². The molecule has 3 nitrogen and oxygen atoms in total. The third kappa shape index (κ3) is 1.45. The van der Waals surface area contributed by atoms with E-state index in [1.807, 2.05) is 0 Å². The van der Waals surface area contributed by atoms with Gasteiger partial charge in [0.05, 0.1) is 9.13 Å². The Hall–Kier alpha value is -0.780. The Morgan fingerprint density at radius 1 is 1.36 bits per heavy atom. The van der Waals surface area contributed by atoms with Crippen LogP contribution in [0.15, 0.2) is 12.1 Å². The van der Waals surface area contributed by atoms with Crippen LogP contribution in [0.2, 0.25) is 0 Å². The van der Waals surface area contributed by atoms with Crippen LogP contribution in [0.1, 0.15) is 10.4 Å². The number of benzene rings is 1. The molecule has 0 heterocycles. The van der Waals surface area contributed by atoms with Crippen LogP contribution in [-0.2, 0) is 0 Å². The molecule has 0 aliphatic rings. The van der Waals surface area contributed by atoms with Gasteiger partial charge in [0.2, 0.25) is 0 Å². The molecule has 0 amide bonds. The van der Waals surface area contributed by atoms with E-state index in [1.165, 1.54) is 12.1 Å². The van der Waals surface area contributed by atoms with Crippen LogP contribution in [0, 0.1) is 3.57 Å². The molecular formula is C7H5IO3. The number of halogens is 1. The van der Waals surface area contributed by atoms with Crippen molar-refractivity contribution in [1.82, 2.24) is 0 Å². The highest BCUT2D eigenvalue weighted by Gasteiger charge is 2.07. The standard InChI is InChI=1S/C7H5IO3/c8-6-5(10)2-1-4(3-9)7(6)11/h1-3,10-11H. The number of hydrogen-bond acceptors (Lipinski definition) is 3. The zero-order valence-electron chi connectivity index (χ0n) is 5.41. The summed E-state index contributed by atoms with van der Waals surface area (Å²) in [5.41, 5.74) is 0.187. The summed E-state index contributed by atoms with van der Waals surface area (Å²) in [5.74, 6) is -0.186. The molecule has 0 saturated heterocycles. The maximum atomic E-state index is 10.2. The first kappa shape index (κ1) is 8.32. The third-order valence-electron chi connectivity index (χ3n) is 1.25. The van der Waals surface area contributed by atoms with Crippen molar-refractivity contribution >= 4 is 28.9 Å². The average Bonchev–Trinajstić information content (AvgIpc) is 2.01. The van der Waals surface area contributed by atoms with Crippen molar-refractivity contribution in [3.05, 3.63) is 21.3 Å². The number of aromatic hydroxyl groups is 2. The van der Waals surface area contributed by atoms with E-state index in [-0.39, 0.29) is 17.1 Å². The van der Waals surface area contributed by atoms with E-state index in [9.17, 15) is 9.90 Å². The smallest absolute Gasteiger partial charge is 0.153 e. The summed E-state index contributed by atoms with van der Waals surface area (Å²) >= 11 is 1.76. The summed E-state index contributed by atoms with van der Waals surface area (Å²) in [6, 6.07) is 2.73. The fraction of sp³-hybridized carbons (Fsp3) is 0. The summed E-state index contributed by atoms with van der Waals surface area (Å²) in [5, 5.41) is 18.2. The maximum Gasteiger partial charge on any atom is 0.153 e.